The van der Waals surface area contributed by atoms with Crippen LogP contribution in [0.2, 0.25) is 0 Å². The van der Waals surface area contributed by atoms with Gasteiger partial charge >= 0.3 is 0 Å². The second-order valence-electron chi connectivity index (χ2n) is 7.94. The van der Waals surface area contributed by atoms with E-state index in [9.17, 15) is 10.2 Å². The molecule has 0 unspecified atom stereocenters. The molecular formula is C21H30O4. The predicted molar refractivity (Wildman–Crippen MR) is 99.0 cm³/mol. The van der Waals surface area contributed by atoms with Gasteiger partial charge in [0.25, 0.3) is 0 Å². The highest BCUT2D eigenvalue weighted by molar-refractivity contribution is 5.84. The predicted octanol–water partition coefficient (Wildman–Crippen LogP) is 4.22. The third-order valence-corrected chi connectivity index (χ3v) is 5.41. The lowest BCUT2D eigenvalue weighted by Gasteiger charge is -2.47. The van der Waals surface area contributed by atoms with Crippen LogP contribution in [0.1, 0.15) is 65.0 Å². The third kappa shape index (κ3) is 3.06. The molecule has 0 spiro atoms. The van der Waals surface area contributed by atoms with Gasteiger partial charge in [0.15, 0.2) is 0 Å². The Morgan fingerprint density at radius 3 is 2.60 bits per heavy atom. The molecule has 2 N–H and O–H groups in total. The number of aliphatic hydroxyl groups is 1. The molecule has 25 heavy (non-hydrogen) atoms. The molecule has 0 saturated heterocycles. The minimum absolute atomic E-state index is 0.214. The molecule has 1 aromatic rings. The standard InChI is InChI=1S/C21H30O4/c1-6-8-13-11-15(22)18-16(12-13)25-20(3,4)14-9-10-21(5,23)19(17(14)18)24-7-2/h11-12,19,22-23H,6-10H2,1-5H3/t19-,21-/m1/s1. The van der Waals surface area contributed by atoms with Gasteiger partial charge in [-0.15, -0.1) is 0 Å². The first-order chi connectivity index (χ1) is 11.7. The van der Waals surface area contributed by atoms with Gasteiger partial charge in [0, 0.05) is 12.2 Å². The van der Waals surface area contributed by atoms with Crippen LogP contribution in [0.5, 0.6) is 11.5 Å². The molecule has 0 radical (unpaired) electrons. The van der Waals surface area contributed by atoms with Gasteiger partial charge < -0.3 is 19.7 Å². The van der Waals surface area contributed by atoms with E-state index < -0.39 is 17.3 Å². The molecule has 1 aliphatic heterocycles. The van der Waals surface area contributed by atoms with E-state index in [1.165, 1.54) is 0 Å². The highest BCUT2D eigenvalue weighted by atomic mass is 16.5. The number of benzene rings is 1. The Morgan fingerprint density at radius 2 is 1.96 bits per heavy atom. The summed E-state index contributed by atoms with van der Waals surface area (Å²) in [6, 6.07) is 3.84. The van der Waals surface area contributed by atoms with Crippen molar-refractivity contribution >= 4 is 5.57 Å². The van der Waals surface area contributed by atoms with Crippen molar-refractivity contribution in [3.63, 3.8) is 0 Å². The van der Waals surface area contributed by atoms with Crippen molar-refractivity contribution in [2.75, 3.05) is 6.61 Å². The molecule has 0 fully saturated rings. The molecule has 0 saturated carbocycles. The second kappa shape index (κ2) is 6.33. The lowest BCUT2D eigenvalue weighted by molar-refractivity contribution is -0.0786. The summed E-state index contributed by atoms with van der Waals surface area (Å²) in [5, 5.41) is 21.7. The Hall–Kier alpha value is -1.52. The minimum atomic E-state index is -0.964. The number of ether oxygens (including phenoxy) is 2. The normalized spacial score (nSPS) is 27.5. The molecule has 1 heterocycles. The van der Waals surface area contributed by atoms with E-state index >= 15 is 0 Å². The van der Waals surface area contributed by atoms with Crippen LogP contribution in [-0.4, -0.2) is 34.1 Å². The van der Waals surface area contributed by atoms with Gasteiger partial charge in [-0.3, -0.25) is 0 Å². The van der Waals surface area contributed by atoms with Crippen molar-refractivity contribution in [3.05, 3.63) is 28.8 Å². The molecule has 0 bridgehead atoms. The van der Waals surface area contributed by atoms with E-state index in [0.29, 0.717) is 24.3 Å². The van der Waals surface area contributed by atoms with Gasteiger partial charge in [0.2, 0.25) is 0 Å². The first-order valence-electron chi connectivity index (χ1n) is 9.34. The zero-order valence-electron chi connectivity index (χ0n) is 16.0. The SMILES string of the molecule is CCCc1cc(O)c2c(c1)OC(C)(C)C1=C2[C@@H](OCC)[C@](C)(O)CC1. The van der Waals surface area contributed by atoms with E-state index in [1.54, 1.807) is 0 Å². The van der Waals surface area contributed by atoms with Crippen molar-refractivity contribution in [1.29, 1.82) is 0 Å². The summed E-state index contributed by atoms with van der Waals surface area (Å²) in [6.07, 6.45) is 2.78. The number of phenolic OH excluding ortho intramolecular Hbond substituents is 1. The maximum absolute atomic E-state index is 10.9. The third-order valence-electron chi connectivity index (χ3n) is 5.41. The van der Waals surface area contributed by atoms with Crippen molar-refractivity contribution in [1.82, 2.24) is 0 Å². The monoisotopic (exact) mass is 346 g/mol. The summed E-state index contributed by atoms with van der Waals surface area (Å²) in [5.74, 6) is 0.904. The number of aromatic hydroxyl groups is 1. The molecule has 2 atom stereocenters. The van der Waals surface area contributed by atoms with Crippen molar-refractivity contribution in [2.24, 2.45) is 0 Å². The lowest BCUT2D eigenvalue weighted by atomic mass is 9.70. The van der Waals surface area contributed by atoms with Crippen molar-refractivity contribution in [2.45, 2.75) is 77.6 Å². The van der Waals surface area contributed by atoms with Gasteiger partial charge in [-0.05, 0) is 70.2 Å². The molecule has 3 rings (SSSR count). The fraction of sp³-hybridized carbons (Fsp3) is 0.619. The largest absolute Gasteiger partial charge is 0.507 e. The zero-order valence-corrected chi connectivity index (χ0v) is 16.0. The maximum atomic E-state index is 10.9. The summed E-state index contributed by atoms with van der Waals surface area (Å²) in [5.41, 5.74) is 2.33. The van der Waals surface area contributed by atoms with Crippen LogP contribution in [0, 0.1) is 0 Å². The summed E-state index contributed by atoms with van der Waals surface area (Å²) in [4.78, 5) is 0. The molecule has 2 aliphatic rings. The fourth-order valence-corrected chi connectivity index (χ4v) is 4.23. The van der Waals surface area contributed by atoms with E-state index in [0.717, 1.165) is 36.0 Å². The number of aryl methyl sites for hydroxylation is 1. The highest BCUT2D eigenvalue weighted by Gasteiger charge is 2.48. The van der Waals surface area contributed by atoms with Crippen LogP contribution in [0.15, 0.2) is 17.7 Å². The van der Waals surface area contributed by atoms with Crippen molar-refractivity contribution in [3.8, 4) is 11.5 Å². The van der Waals surface area contributed by atoms with Gasteiger partial charge in [-0.2, -0.15) is 0 Å². The van der Waals surface area contributed by atoms with Crippen LogP contribution in [-0.2, 0) is 11.2 Å². The highest BCUT2D eigenvalue weighted by Crippen LogP contribution is 2.53. The van der Waals surface area contributed by atoms with E-state index in [1.807, 2.05) is 26.0 Å². The van der Waals surface area contributed by atoms with Crippen LogP contribution in [0.25, 0.3) is 5.57 Å². The Labute approximate surface area is 150 Å². The minimum Gasteiger partial charge on any atom is -0.507 e. The molecule has 0 amide bonds. The first-order valence-corrected chi connectivity index (χ1v) is 9.34. The van der Waals surface area contributed by atoms with Gasteiger partial charge in [0.1, 0.15) is 23.2 Å². The van der Waals surface area contributed by atoms with Gasteiger partial charge in [-0.25, -0.2) is 0 Å². The molecule has 0 aromatic heterocycles. The Balaban J connectivity index is 2.23. The average Bonchev–Trinajstić information content (AvgIpc) is 2.49. The number of phenols is 1. The summed E-state index contributed by atoms with van der Waals surface area (Å²) < 4.78 is 12.3. The van der Waals surface area contributed by atoms with E-state index in [4.69, 9.17) is 9.47 Å². The summed E-state index contributed by atoms with van der Waals surface area (Å²) in [6.45, 7) is 10.5. The van der Waals surface area contributed by atoms with Crippen LogP contribution in [0.3, 0.4) is 0 Å². The molecule has 4 heteroatoms. The van der Waals surface area contributed by atoms with Gasteiger partial charge in [0.05, 0.1) is 11.2 Å². The van der Waals surface area contributed by atoms with Crippen LogP contribution >= 0.6 is 0 Å². The molecule has 1 aromatic carbocycles. The van der Waals surface area contributed by atoms with Crippen LogP contribution in [0.4, 0.5) is 0 Å². The lowest BCUT2D eigenvalue weighted by Crippen LogP contribution is -2.49. The first kappa shape index (κ1) is 18.3. The molecule has 138 valence electrons. The molecule has 1 aliphatic carbocycles. The smallest absolute Gasteiger partial charge is 0.132 e. The summed E-state index contributed by atoms with van der Waals surface area (Å²) in [7, 11) is 0. The number of hydrogen-bond donors (Lipinski definition) is 2. The zero-order chi connectivity index (χ0) is 18.4. The maximum Gasteiger partial charge on any atom is 0.132 e. The van der Waals surface area contributed by atoms with Gasteiger partial charge in [-0.1, -0.05) is 13.3 Å². The van der Waals surface area contributed by atoms with E-state index in [2.05, 4.69) is 20.8 Å². The number of hydrogen-bond acceptors (Lipinski definition) is 4. The number of rotatable bonds is 4. The fourth-order valence-electron chi connectivity index (χ4n) is 4.23. The Bertz CT molecular complexity index is 700. The number of fused-ring (bicyclic) bond motifs is 2. The summed E-state index contributed by atoms with van der Waals surface area (Å²) >= 11 is 0. The Morgan fingerprint density at radius 1 is 1.24 bits per heavy atom. The van der Waals surface area contributed by atoms with Crippen LogP contribution < -0.4 is 4.74 Å². The average molecular weight is 346 g/mol. The van der Waals surface area contributed by atoms with E-state index in [-0.39, 0.29) is 5.75 Å². The topological polar surface area (TPSA) is 58.9 Å². The quantitative estimate of drug-likeness (QED) is 0.857. The molecule has 4 nitrogen and oxygen atoms in total. The molecular weight excluding hydrogens is 316 g/mol. The van der Waals surface area contributed by atoms with Crippen molar-refractivity contribution < 1.29 is 19.7 Å². The second-order valence-corrected chi connectivity index (χ2v) is 7.94. The Kier molecular flexibility index (Phi) is 4.63.